The van der Waals surface area contributed by atoms with Crippen molar-refractivity contribution in [2.24, 2.45) is 18.4 Å². The molecule has 3 saturated carbocycles. The highest BCUT2D eigenvalue weighted by Crippen LogP contribution is 2.62. The average Bonchev–Trinajstić information content (AvgIpc) is 3.47. The largest absolute Gasteiger partial charge is 0.433 e. The molecule has 0 spiro atoms. The van der Waals surface area contributed by atoms with E-state index in [1.165, 1.54) is 15.7 Å². The summed E-state index contributed by atoms with van der Waals surface area (Å²) in [7, 11) is 1.69. The van der Waals surface area contributed by atoms with Crippen LogP contribution in [0.4, 0.5) is 16.2 Å². The van der Waals surface area contributed by atoms with Gasteiger partial charge in [0, 0.05) is 36.8 Å². The van der Waals surface area contributed by atoms with Gasteiger partial charge in [-0.15, -0.1) is 5.10 Å². The van der Waals surface area contributed by atoms with E-state index < -0.39 is 18.2 Å². The molecule has 0 radical (unpaired) electrons. The van der Waals surface area contributed by atoms with Crippen molar-refractivity contribution >= 4 is 62.3 Å². The number of ether oxygens (including phenoxy) is 1. The molecule has 1 amide bonds. The summed E-state index contributed by atoms with van der Waals surface area (Å²) in [5.74, 6) is 0.714. The monoisotopic (exact) mass is 684 g/mol. The van der Waals surface area contributed by atoms with E-state index in [0.717, 1.165) is 19.3 Å². The van der Waals surface area contributed by atoms with Crippen LogP contribution in [0.25, 0.3) is 21.7 Å². The molecule has 11 nitrogen and oxygen atoms in total. The Bertz CT molecular complexity index is 2180. The third kappa shape index (κ3) is 5.33. The highest BCUT2D eigenvalue weighted by atomic mass is 35.5. The number of carbonyl (C=O) groups is 1. The highest BCUT2D eigenvalue weighted by Gasteiger charge is 2.59. The lowest BCUT2D eigenvalue weighted by molar-refractivity contribution is -0.0989. The zero-order valence-corrected chi connectivity index (χ0v) is 28.5. The van der Waals surface area contributed by atoms with Crippen molar-refractivity contribution in [3.05, 3.63) is 87.2 Å². The van der Waals surface area contributed by atoms with Gasteiger partial charge in [0.15, 0.2) is 6.07 Å². The molecule has 5 aromatic rings. The predicted octanol–water partition coefficient (Wildman–Crippen LogP) is 7.10. The molecule has 2 bridgehead atoms. The van der Waals surface area contributed by atoms with Gasteiger partial charge in [-0.2, -0.15) is 5.26 Å². The number of nitrogens with zero attached hydrogens (tertiary/aromatic N) is 7. The molecule has 0 unspecified atom stereocenters. The van der Waals surface area contributed by atoms with Crippen molar-refractivity contribution in [1.29, 1.82) is 5.26 Å². The van der Waals surface area contributed by atoms with Gasteiger partial charge >= 0.3 is 6.09 Å². The Balaban J connectivity index is 1.48. The van der Waals surface area contributed by atoms with Crippen LogP contribution in [-0.2, 0) is 17.3 Å². The van der Waals surface area contributed by atoms with Gasteiger partial charge < -0.3 is 14.6 Å². The van der Waals surface area contributed by atoms with Crippen LogP contribution in [0.1, 0.15) is 62.9 Å². The molecule has 13 heteroatoms. The standard InChI is InChI=1S/C35H34Cl2N8O3/c1-34(2,3)18-40-29-21(15-38)16-39-30-26(29)10-22(11-27(30)37)45(33(47)48-19-36)31(28-17-44(42-41-28)35-12-20(13-35)14-35)24-6-5-7-25-23(24)8-9-43(4)32(25)46/h5-11,16-17,20,31H,12-14,18-19H2,1-4H3,(H,39,40)/t20?,31-,35?/m0/s1. The summed E-state index contributed by atoms with van der Waals surface area (Å²) >= 11 is 12.9. The fourth-order valence-corrected chi connectivity index (χ4v) is 7.26. The maximum Gasteiger partial charge on any atom is 0.416 e. The average molecular weight is 686 g/mol. The molecule has 2 aromatic carbocycles. The molecule has 0 saturated heterocycles. The van der Waals surface area contributed by atoms with E-state index >= 15 is 0 Å². The first-order valence-corrected chi connectivity index (χ1v) is 16.6. The number of halogens is 2. The lowest BCUT2D eigenvalue weighted by Crippen LogP contribution is -2.59. The summed E-state index contributed by atoms with van der Waals surface area (Å²) in [6.07, 6.45) is 7.43. The van der Waals surface area contributed by atoms with Crippen LogP contribution in [0, 0.1) is 22.7 Å². The van der Waals surface area contributed by atoms with E-state index in [4.69, 9.17) is 27.9 Å². The quantitative estimate of drug-likeness (QED) is 0.171. The Morgan fingerprint density at radius 3 is 2.65 bits per heavy atom. The summed E-state index contributed by atoms with van der Waals surface area (Å²) in [6.45, 7) is 6.81. The molecular formula is C35H34Cl2N8O3. The van der Waals surface area contributed by atoms with Gasteiger partial charge in [-0.05, 0) is 65.8 Å². The van der Waals surface area contributed by atoms with Crippen molar-refractivity contribution in [3.8, 4) is 6.07 Å². The number of amides is 1. The maximum absolute atomic E-state index is 14.2. The smallest absolute Gasteiger partial charge is 0.416 e. The van der Waals surface area contributed by atoms with E-state index in [0.29, 0.717) is 62.3 Å². The zero-order valence-electron chi connectivity index (χ0n) is 27.0. The molecule has 246 valence electrons. The molecule has 1 atom stereocenters. The third-order valence-electron chi connectivity index (χ3n) is 9.47. The number of pyridine rings is 2. The number of fused-ring (bicyclic) bond motifs is 2. The molecule has 3 heterocycles. The van der Waals surface area contributed by atoms with Gasteiger partial charge in [-0.1, -0.05) is 61.3 Å². The number of aromatic nitrogens is 5. The minimum atomic E-state index is -0.913. The van der Waals surface area contributed by atoms with Crippen LogP contribution in [0.15, 0.2) is 59.8 Å². The number of anilines is 2. The summed E-state index contributed by atoms with van der Waals surface area (Å²) in [5, 5.41) is 24.6. The Kier molecular flexibility index (Phi) is 7.84. The fourth-order valence-electron chi connectivity index (χ4n) is 6.91. The molecule has 8 rings (SSSR count). The second-order valence-electron chi connectivity index (χ2n) is 14.0. The van der Waals surface area contributed by atoms with Crippen molar-refractivity contribution < 1.29 is 9.53 Å². The maximum atomic E-state index is 14.2. The van der Waals surface area contributed by atoms with Crippen molar-refractivity contribution in [2.45, 2.75) is 51.6 Å². The summed E-state index contributed by atoms with van der Waals surface area (Å²) in [6, 6.07) is 11.6. The molecule has 3 aliphatic carbocycles. The van der Waals surface area contributed by atoms with E-state index in [1.807, 2.05) is 23.0 Å². The number of aryl methyl sites for hydroxylation is 1. The van der Waals surface area contributed by atoms with Crippen LogP contribution in [-0.4, -0.2) is 43.2 Å². The lowest BCUT2D eigenvalue weighted by Gasteiger charge is -2.61. The minimum absolute atomic E-state index is 0.0596. The lowest BCUT2D eigenvalue weighted by atomic mass is 9.50. The van der Waals surface area contributed by atoms with Gasteiger partial charge in [0.2, 0.25) is 0 Å². The second-order valence-corrected chi connectivity index (χ2v) is 14.6. The molecule has 3 aliphatic rings. The number of hydrogen-bond donors (Lipinski definition) is 1. The number of hydrogen-bond acceptors (Lipinski definition) is 8. The predicted molar refractivity (Wildman–Crippen MR) is 185 cm³/mol. The number of alkyl halides is 1. The van der Waals surface area contributed by atoms with Crippen molar-refractivity contribution in [2.75, 3.05) is 22.8 Å². The summed E-state index contributed by atoms with van der Waals surface area (Å²) in [5.41, 5.74) is 2.45. The fraction of sp³-hybridized carbons (Fsp3) is 0.371. The Morgan fingerprint density at radius 2 is 1.98 bits per heavy atom. The first-order valence-electron chi connectivity index (χ1n) is 15.7. The first kappa shape index (κ1) is 31.9. The van der Waals surface area contributed by atoms with Crippen LogP contribution < -0.4 is 15.8 Å². The van der Waals surface area contributed by atoms with E-state index in [9.17, 15) is 14.9 Å². The SMILES string of the molecule is Cn1ccc2c([C@@H](c3cn(C45CC(C4)C5)nn3)N(C(=O)OCCl)c3cc(Cl)c4ncc(C#N)c(NCC(C)(C)C)c4c3)cccc2c1=O. The van der Waals surface area contributed by atoms with Crippen LogP contribution in [0.2, 0.25) is 5.02 Å². The molecule has 1 N–H and O–H groups in total. The van der Waals surface area contributed by atoms with Gasteiger partial charge in [-0.3, -0.25) is 14.7 Å². The topological polar surface area (TPSA) is 131 Å². The second kappa shape index (κ2) is 11.8. The normalized spacial score (nSPS) is 18.9. The Morgan fingerprint density at radius 1 is 1.21 bits per heavy atom. The minimum Gasteiger partial charge on any atom is -0.433 e. The van der Waals surface area contributed by atoms with E-state index in [2.05, 4.69) is 47.5 Å². The van der Waals surface area contributed by atoms with Crippen molar-refractivity contribution in [3.63, 3.8) is 0 Å². The van der Waals surface area contributed by atoms with Gasteiger partial charge in [-0.25, -0.2) is 9.48 Å². The first-order chi connectivity index (χ1) is 22.9. The highest BCUT2D eigenvalue weighted by molar-refractivity contribution is 6.36. The molecule has 48 heavy (non-hydrogen) atoms. The van der Waals surface area contributed by atoms with Gasteiger partial charge in [0.05, 0.1) is 39.2 Å². The Labute approximate surface area is 287 Å². The van der Waals surface area contributed by atoms with Crippen LogP contribution in [0.3, 0.4) is 0 Å². The van der Waals surface area contributed by atoms with Gasteiger partial charge in [0.1, 0.15) is 17.8 Å². The third-order valence-corrected chi connectivity index (χ3v) is 9.87. The zero-order chi connectivity index (χ0) is 34.0. The number of nitrogens with one attached hydrogen (secondary N) is 1. The molecule has 3 fully saturated rings. The summed E-state index contributed by atoms with van der Waals surface area (Å²) < 4.78 is 8.90. The molecular weight excluding hydrogens is 651 g/mol. The van der Waals surface area contributed by atoms with E-state index in [-0.39, 0.29) is 21.5 Å². The number of benzene rings is 2. The number of carbonyl (C=O) groups excluding carboxylic acids is 1. The van der Waals surface area contributed by atoms with E-state index in [1.54, 1.807) is 37.5 Å². The molecule has 3 aromatic heterocycles. The summed E-state index contributed by atoms with van der Waals surface area (Å²) in [4.78, 5) is 33.4. The Hall–Kier alpha value is -4.66. The van der Waals surface area contributed by atoms with Crippen LogP contribution in [0.5, 0.6) is 0 Å². The number of nitriles is 1. The molecule has 0 aliphatic heterocycles. The number of rotatable bonds is 8. The van der Waals surface area contributed by atoms with Crippen LogP contribution >= 0.6 is 23.2 Å². The van der Waals surface area contributed by atoms with Crippen molar-refractivity contribution in [1.82, 2.24) is 24.5 Å². The van der Waals surface area contributed by atoms with Gasteiger partial charge in [0.25, 0.3) is 5.56 Å².